The van der Waals surface area contributed by atoms with Gasteiger partial charge in [-0.2, -0.15) is 0 Å². The number of nitrogens with zero attached hydrogens (tertiary/aromatic N) is 2. The third kappa shape index (κ3) is 6.47. The van der Waals surface area contributed by atoms with Crippen molar-refractivity contribution in [1.29, 1.82) is 0 Å². The van der Waals surface area contributed by atoms with E-state index in [2.05, 4.69) is 20.5 Å². The summed E-state index contributed by atoms with van der Waals surface area (Å²) in [4.78, 5) is 6.67. The fourth-order valence-electron chi connectivity index (χ4n) is 3.25. The molecule has 0 aliphatic carbocycles. The number of aliphatic imine (C=N–C) groups is 1. The first-order chi connectivity index (χ1) is 11.8. The molecule has 0 aromatic rings. The molecule has 1 spiro atoms. The number of nitrogens with one attached hydrogen (secondary N) is 2. The second-order valence-electron chi connectivity index (χ2n) is 6.41. The van der Waals surface area contributed by atoms with Crippen LogP contribution in [0.3, 0.4) is 0 Å². The molecule has 2 N–H and O–H groups in total. The van der Waals surface area contributed by atoms with Crippen LogP contribution in [0.5, 0.6) is 0 Å². The van der Waals surface area contributed by atoms with Gasteiger partial charge in [-0.3, -0.25) is 9.89 Å². The Hall–Kier alpha value is -0.200. The Morgan fingerprint density at radius 3 is 2.56 bits per heavy atom. The van der Waals surface area contributed by atoms with E-state index < -0.39 is 5.79 Å². The number of morpholine rings is 1. The van der Waals surface area contributed by atoms with Crippen molar-refractivity contribution in [3.8, 4) is 0 Å². The van der Waals surface area contributed by atoms with Gasteiger partial charge in [-0.1, -0.05) is 0 Å². The van der Waals surface area contributed by atoms with Gasteiger partial charge in [0.05, 0.1) is 33.0 Å². The summed E-state index contributed by atoms with van der Waals surface area (Å²) in [6, 6.07) is 0. The maximum atomic E-state index is 6.11. The Bertz CT molecular complexity index is 415. The number of halogens is 1. The average molecular weight is 470 g/mol. The largest absolute Gasteiger partial charge is 0.381 e. The maximum absolute atomic E-state index is 6.11. The Labute approximate surface area is 167 Å². The molecule has 3 fully saturated rings. The van der Waals surface area contributed by atoms with Gasteiger partial charge in [0, 0.05) is 52.6 Å². The van der Waals surface area contributed by atoms with E-state index in [0.29, 0.717) is 26.4 Å². The second-order valence-corrected chi connectivity index (χ2v) is 6.41. The SMILES string of the molecule is CN=C(NCCN1CCOCC1)NCC1COC2(CCOCC2)O1.I. The molecule has 9 heteroatoms. The van der Waals surface area contributed by atoms with Crippen molar-refractivity contribution in [2.75, 3.05) is 72.8 Å². The fourth-order valence-corrected chi connectivity index (χ4v) is 3.25. The molecule has 25 heavy (non-hydrogen) atoms. The highest BCUT2D eigenvalue weighted by atomic mass is 127. The molecule has 3 aliphatic heterocycles. The molecule has 0 aromatic carbocycles. The van der Waals surface area contributed by atoms with E-state index in [0.717, 1.165) is 58.2 Å². The minimum Gasteiger partial charge on any atom is -0.381 e. The van der Waals surface area contributed by atoms with Crippen molar-refractivity contribution in [2.24, 2.45) is 4.99 Å². The minimum atomic E-state index is -0.419. The van der Waals surface area contributed by atoms with Crippen molar-refractivity contribution < 1.29 is 18.9 Å². The number of hydrogen-bond donors (Lipinski definition) is 2. The first-order valence-corrected chi connectivity index (χ1v) is 8.94. The standard InChI is InChI=1S/C16H30N4O4.HI/c1-17-15(18-4-5-20-6-10-22-11-7-20)19-12-14-13-23-16(24-14)2-8-21-9-3-16;/h14H,2-13H2,1H3,(H2,17,18,19);1H. The first-order valence-electron chi connectivity index (χ1n) is 8.94. The zero-order chi connectivity index (χ0) is 16.7. The summed E-state index contributed by atoms with van der Waals surface area (Å²) in [5.41, 5.74) is 0. The summed E-state index contributed by atoms with van der Waals surface area (Å²) in [6.07, 6.45) is 1.69. The molecule has 146 valence electrons. The monoisotopic (exact) mass is 470 g/mol. The first kappa shape index (κ1) is 21.1. The number of guanidine groups is 1. The molecule has 0 amide bonds. The zero-order valence-electron chi connectivity index (χ0n) is 15.0. The van der Waals surface area contributed by atoms with Crippen LogP contribution >= 0.6 is 24.0 Å². The van der Waals surface area contributed by atoms with Gasteiger partial charge in [0.1, 0.15) is 6.10 Å². The van der Waals surface area contributed by atoms with Crippen molar-refractivity contribution in [2.45, 2.75) is 24.7 Å². The number of ether oxygens (including phenoxy) is 4. The molecule has 1 atom stereocenters. The molecule has 3 saturated heterocycles. The van der Waals surface area contributed by atoms with Gasteiger partial charge >= 0.3 is 0 Å². The van der Waals surface area contributed by atoms with Gasteiger partial charge in [-0.15, -0.1) is 24.0 Å². The third-order valence-corrected chi connectivity index (χ3v) is 4.71. The van der Waals surface area contributed by atoms with E-state index >= 15 is 0 Å². The summed E-state index contributed by atoms with van der Waals surface area (Å²) in [7, 11) is 1.79. The normalized spacial score (nSPS) is 27.1. The molecule has 3 aliphatic rings. The van der Waals surface area contributed by atoms with Gasteiger partial charge in [0.15, 0.2) is 11.7 Å². The van der Waals surface area contributed by atoms with Crippen LogP contribution in [0.2, 0.25) is 0 Å². The van der Waals surface area contributed by atoms with Gasteiger partial charge in [0.25, 0.3) is 0 Å². The quantitative estimate of drug-likeness (QED) is 0.334. The molecule has 3 heterocycles. The summed E-state index contributed by atoms with van der Waals surface area (Å²) in [6.45, 7) is 8.28. The Morgan fingerprint density at radius 1 is 1.12 bits per heavy atom. The fraction of sp³-hybridized carbons (Fsp3) is 0.938. The van der Waals surface area contributed by atoms with E-state index in [-0.39, 0.29) is 30.1 Å². The molecular formula is C16H31IN4O4. The summed E-state index contributed by atoms with van der Waals surface area (Å²) in [5.74, 6) is 0.387. The highest BCUT2D eigenvalue weighted by molar-refractivity contribution is 14.0. The highest BCUT2D eigenvalue weighted by Crippen LogP contribution is 2.32. The van der Waals surface area contributed by atoms with Crippen LogP contribution in [-0.2, 0) is 18.9 Å². The van der Waals surface area contributed by atoms with Crippen molar-refractivity contribution in [3.63, 3.8) is 0 Å². The molecule has 0 bridgehead atoms. The number of hydrogen-bond acceptors (Lipinski definition) is 6. The van der Waals surface area contributed by atoms with E-state index in [1.165, 1.54) is 0 Å². The Kier molecular flexibility index (Phi) is 9.14. The van der Waals surface area contributed by atoms with Gasteiger partial charge < -0.3 is 29.6 Å². The average Bonchev–Trinajstić information content (AvgIpc) is 3.02. The smallest absolute Gasteiger partial charge is 0.191 e. The maximum Gasteiger partial charge on any atom is 0.191 e. The summed E-state index contributed by atoms with van der Waals surface area (Å²) < 4.78 is 22.8. The van der Waals surface area contributed by atoms with Crippen molar-refractivity contribution in [3.05, 3.63) is 0 Å². The molecule has 0 saturated carbocycles. The Morgan fingerprint density at radius 2 is 1.84 bits per heavy atom. The van der Waals surface area contributed by atoms with Gasteiger partial charge in [-0.25, -0.2) is 0 Å². The molecule has 0 radical (unpaired) electrons. The lowest BCUT2D eigenvalue weighted by Gasteiger charge is -2.31. The predicted molar refractivity (Wildman–Crippen MR) is 106 cm³/mol. The molecule has 1 unspecified atom stereocenters. The molecule has 3 rings (SSSR count). The summed E-state index contributed by atoms with van der Waals surface area (Å²) >= 11 is 0. The van der Waals surface area contributed by atoms with Crippen LogP contribution in [0.25, 0.3) is 0 Å². The minimum absolute atomic E-state index is 0. The zero-order valence-corrected chi connectivity index (χ0v) is 17.3. The van der Waals surface area contributed by atoms with Crippen LogP contribution < -0.4 is 10.6 Å². The van der Waals surface area contributed by atoms with Gasteiger partial charge in [0.2, 0.25) is 0 Å². The van der Waals surface area contributed by atoms with Gasteiger partial charge in [-0.05, 0) is 0 Å². The lowest BCUT2D eigenvalue weighted by atomic mass is 10.1. The number of rotatable bonds is 5. The van der Waals surface area contributed by atoms with Crippen LogP contribution in [0.4, 0.5) is 0 Å². The molecular weight excluding hydrogens is 439 g/mol. The lowest BCUT2D eigenvalue weighted by molar-refractivity contribution is -0.210. The lowest BCUT2D eigenvalue weighted by Crippen LogP contribution is -2.46. The predicted octanol–water partition coefficient (Wildman–Crippen LogP) is 0.0237. The van der Waals surface area contributed by atoms with E-state index in [4.69, 9.17) is 18.9 Å². The van der Waals surface area contributed by atoms with E-state index in [1.807, 2.05) is 0 Å². The second kappa shape index (κ2) is 10.8. The van der Waals surface area contributed by atoms with Crippen molar-refractivity contribution >= 4 is 29.9 Å². The topological polar surface area (TPSA) is 76.6 Å². The summed E-state index contributed by atoms with van der Waals surface area (Å²) in [5, 5.41) is 6.68. The molecule has 0 aromatic heterocycles. The van der Waals surface area contributed by atoms with Crippen LogP contribution in [0, 0.1) is 0 Å². The van der Waals surface area contributed by atoms with Crippen LogP contribution in [-0.4, -0.2) is 95.6 Å². The third-order valence-electron chi connectivity index (χ3n) is 4.71. The van der Waals surface area contributed by atoms with E-state index in [1.54, 1.807) is 7.05 Å². The van der Waals surface area contributed by atoms with Crippen LogP contribution in [0.1, 0.15) is 12.8 Å². The Balaban J connectivity index is 0.00000225. The molecule has 8 nitrogen and oxygen atoms in total. The van der Waals surface area contributed by atoms with Crippen LogP contribution in [0.15, 0.2) is 4.99 Å². The van der Waals surface area contributed by atoms with Crippen molar-refractivity contribution in [1.82, 2.24) is 15.5 Å². The van der Waals surface area contributed by atoms with E-state index in [9.17, 15) is 0 Å². The highest BCUT2D eigenvalue weighted by Gasteiger charge is 2.42.